The van der Waals surface area contributed by atoms with Gasteiger partial charge in [0, 0.05) is 17.5 Å². The molecule has 2 aromatic carbocycles. The second-order valence-corrected chi connectivity index (χ2v) is 5.44. The zero-order chi connectivity index (χ0) is 18.0. The number of rotatable bonds is 5. The molecule has 0 aliphatic heterocycles. The Morgan fingerprint density at radius 3 is 2.36 bits per heavy atom. The van der Waals surface area contributed by atoms with E-state index in [1.165, 1.54) is 19.1 Å². The smallest absolute Gasteiger partial charge is 0.395 e. The van der Waals surface area contributed by atoms with Gasteiger partial charge in [0.05, 0.1) is 7.11 Å². The monoisotopic (exact) mass is 339 g/mol. The van der Waals surface area contributed by atoms with Gasteiger partial charge in [0.2, 0.25) is 0 Å². The summed E-state index contributed by atoms with van der Waals surface area (Å²) in [7, 11) is 1.58. The predicted octanol–water partition coefficient (Wildman–Crippen LogP) is 3.19. The number of hydrogen-bond donors (Lipinski definition) is 0. The Hall–Kier alpha value is -3.28. The second-order valence-electron chi connectivity index (χ2n) is 5.44. The van der Waals surface area contributed by atoms with Gasteiger partial charge < -0.3 is 13.9 Å². The molecule has 0 fully saturated rings. The van der Waals surface area contributed by atoms with Crippen LogP contribution in [0, 0.1) is 0 Å². The third kappa shape index (κ3) is 3.47. The Kier molecular flexibility index (Phi) is 4.43. The van der Waals surface area contributed by atoms with E-state index in [0.717, 1.165) is 5.56 Å². The van der Waals surface area contributed by atoms with E-state index < -0.39 is 17.7 Å². The molecule has 0 bridgehead atoms. The van der Waals surface area contributed by atoms with Crippen LogP contribution in [0.15, 0.2) is 57.7 Å². The van der Waals surface area contributed by atoms with Gasteiger partial charge in [-0.2, -0.15) is 0 Å². The molecule has 0 unspecified atom stereocenters. The van der Waals surface area contributed by atoms with E-state index in [1.54, 1.807) is 31.4 Å². The van der Waals surface area contributed by atoms with E-state index in [-0.39, 0.29) is 5.75 Å². The maximum Gasteiger partial charge on any atom is 0.395 e. The van der Waals surface area contributed by atoms with Gasteiger partial charge in [-0.05, 0) is 42.3 Å². The van der Waals surface area contributed by atoms with E-state index in [9.17, 15) is 14.7 Å². The predicted molar refractivity (Wildman–Crippen MR) is 90.3 cm³/mol. The van der Waals surface area contributed by atoms with Gasteiger partial charge in [0.25, 0.3) is 0 Å². The Morgan fingerprint density at radius 2 is 1.72 bits per heavy atom. The third-order valence-corrected chi connectivity index (χ3v) is 3.76. The fourth-order valence-electron chi connectivity index (χ4n) is 2.48. The first kappa shape index (κ1) is 16.6. The Morgan fingerprint density at radius 1 is 1.04 bits per heavy atom. The summed E-state index contributed by atoms with van der Waals surface area (Å²) in [6, 6.07) is 13.5. The van der Waals surface area contributed by atoms with Crippen molar-refractivity contribution in [2.24, 2.45) is 0 Å². The molecule has 6 heteroatoms. The molecule has 0 amide bonds. The molecule has 6 nitrogen and oxygen atoms in total. The van der Waals surface area contributed by atoms with Crippen LogP contribution in [0.4, 0.5) is 0 Å². The number of ether oxygens (including phenoxy) is 2. The van der Waals surface area contributed by atoms with Gasteiger partial charge >= 0.3 is 11.6 Å². The summed E-state index contributed by atoms with van der Waals surface area (Å²) in [5.74, 6) is -0.337. The molecule has 0 aliphatic carbocycles. The summed E-state index contributed by atoms with van der Waals surface area (Å²) in [5.41, 5.74) is 1.33. The van der Waals surface area contributed by atoms with Crippen molar-refractivity contribution in [3.63, 3.8) is 0 Å². The van der Waals surface area contributed by atoms with Crippen LogP contribution in [0.1, 0.15) is 6.92 Å². The van der Waals surface area contributed by atoms with Crippen molar-refractivity contribution in [2.75, 3.05) is 7.11 Å². The summed E-state index contributed by atoms with van der Waals surface area (Å²) >= 11 is 0. The Bertz CT molecular complexity index is 971. The highest BCUT2D eigenvalue weighted by Crippen LogP contribution is 2.30. The van der Waals surface area contributed by atoms with Crippen LogP contribution >= 0.6 is 0 Å². The van der Waals surface area contributed by atoms with Gasteiger partial charge in [-0.3, -0.25) is 0 Å². The first-order valence-corrected chi connectivity index (χ1v) is 7.58. The molecular weight excluding hydrogens is 324 g/mol. The normalized spacial score (nSPS) is 11.9. The van der Waals surface area contributed by atoms with Crippen LogP contribution in [0.2, 0.25) is 0 Å². The minimum absolute atomic E-state index is 0.277. The molecule has 0 aliphatic rings. The molecule has 0 saturated carbocycles. The lowest BCUT2D eigenvalue weighted by Gasteiger charge is -2.11. The van der Waals surface area contributed by atoms with Gasteiger partial charge in [-0.15, -0.1) is 0 Å². The van der Waals surface area contributed by atoms with Gasteiger partial charge in [0.1, 0.15) is 17.1 Å². The SMILES string of the molecule is COc1ccc(-c2cc(=O)oc3cc(O[C@H](C)C([O])=O)ccc23)cc1. The minimum atomic E-state index is -1.33. The third-order valence-electron chi connectivity index (χ3n) is 3.76. The summed E-state index contributed by atoms with van der Waals surface area (Å²) in [6.07, 6.45) is -1.12. The first-order chi connectivity index (χ1) is 12.0. The fraction of sp³-hybridized carbons (Fsp3) is 0.158. The zero-order valence-corrected chi connectivity index (χ0v) is 13.6. The quantitative estimate of drug-likeness (QED) is 0.666. The van der Waals surface area contributed by atoms with E-state index in [4.69, 9.17) is 13.9 Å². The Balaban J connectivity index is 2.07. The number of fused-ring (bicyclic) bond motifs is 1. The molecular formula is C19H15O6. The number of benzene rings is 2. The van der Waals surface area contributed by atoms with E-state index >= 15 is 0 Å². The van der Waals surface area contributed by atoms with Gasteiger partial charge in [-0.25, -0.2) is 14.7 Å². The average Bonchev–Trinajstić information content (AvgIpc) is 2.60. The van der Waals surface area contributed by atoms with Crippen molar-refractivity contribution in [1.29, 1.82) is 0 Å². The lowest BCUT2D eigenvalue weighted by Crippen LogP contribution is -2.21. The highest BCUT2D eigenvalue weighted by Gasteiger charge is 2.16. The molecule has 1 aromatic heterocycles. The zero-order valence-electron chi connectivity index (χ0n) is 13.6. The second kappa shape index (κ2) is 6.68. The molecule has 0 spiro atoms. The fourth-order valence-corrected chi connectivity index (χ4v) is 2.48. The summed E-state index contributed by atoms with van der Waals surface area (Å²) in [4.78, 5) is 22.7. The topological polar surface area (TPSA) is 85.6 Å². The number of carbonyl (C=O) groups excluding carboxylic acids is 1. The largest absolute Gasteiger partial charge is 0.497 e. The van der Waals surface area contributed by atoms with Crippen molar-refractivity contribution < 1.29 is 23.8 Å². The lowest BCUT2D eigenvalue weighted by molar-refractivity contribution is -0.150. The standard InChI is InChI=1S/C19H15O6/c1-11(19(21)22)24-14-7-8-15-16(10-18(20)25-17(15)9-14)12-3-5-13(23-2)6-4-12/h3-11H,1-2H3/t11-/m1/s1. The molecule has 1 radical (unpaired) electrons. The Labute approximate surface area is 143 Å². The van der Waals surface area contributed by atoms with E-state index in [0.29, 0.717) is 22.3 Å². The minimum Gasteiger partial charge on any atom is -0.497 e. The van der Waals surface area contributed by atoms with Gasteiger partial charge in [0.15, 0.2) is 6.10 Å². The average molecular weight is 339 g/mol. The van der Waals surface area contributed by atoms with Crippen molar-refractivity contribution in [3.8, 4) is 22.6 Å². The summed E-state index contributed by atoms with van der Waals surface area (Å²) < 4.78 is 15.6. The highest BCUT2D eigenvalue weighted by atomic mass is 16.5. The summed E-state index contributed by atoms with van der Waals surface area (Å²) in [5, 5.41) is 11.5. The maximum absolute atomic E-state index is 11.9. The van der Waals surface area contributed by atoms with Crippen molar-refractivity contribution in [3.05, 3.63) is 59.0 Å². The molecule has 1 atom stereocenters. The molecule has 0 saturated heterocycles. The van der Waals surface area contributed by atoms with Crippen LogP contribution in [0.25, 0.3) is 22.1 Å². The molecule has 3 rings (SSSR count). The molecule has 127 valence electrons. The van der Waals surface area contributed by atoms with E-state index in [2.05, 4.69) is 0 Å². The van der Waals surface area contributed by atoms with Crippen molar-refractivity contribution >= 4 is 16.9 Å². The van der Waals surface area contributed by atoms with Gasteiger partial charge in [-0.1, -0.05) is 12.1 Å². The maximum atomic E-state index is 11.9. The van der Waals surface area contributed by atoms with Crippen LogP contribution in [0.3, 0.4) is 0 Å². The first-order valence-electron chi connectivity index (χ1n) is 7.58. The van der Waals surface area contributed by atoms with Crippen LogP contribution in [-0.2, 0) is 9.90 Å². The number of carbonyl (C=O) groups is 1. The highest BCUT2D eigenvalue weighted by molar-refractivity contribution is 5.93. The number of methoxy groups -OCH3 is 1. The van der Waals surface area contributed by atoms with Crippen molar-refractivity contribution in [2.45, 2.75) is 13.0 Å². The van der Waals surface area contributed by atoms with Crippen LogP contribution in [-0.4, -0.2) is 19.2 Å². The van der Waals surface area contributed by atoms with E-state index in [1.807, 2.05) is 12.1 Å². The van der Waals surface area contributed by atoms with Crippen LogP contribution < -0.4 is 15.1 Å². The number of hydrogen-bond acceptors (Lipinski definition) is 5. The van der Waals surface area contributed by atoms with Crippen molar-refractivity contribution in [1.82, 2.24) is 0 Å². The molecule has 0 N–H and O–H groups in total. The molecule has 25 heavy (non-hydrogen) atoms. The molecule has 3 aromatic rings. The summed E-state index contributed by atoms with van der Waals surface area (Å²) in [6.45, 7) is 1.36. The lowest BCUT2D eigenvalue weighted by atomic mass is 10.0. The molecule has 1 heterocycles. The van der Waals surface area contributed by atoms with Crippen LogP contribution in [0.5, 0.6) is 11.5 Å².